The summed E-state index contributed by atoms with van der Waals surface area (Å²) in [4.78, 5) is 0. The van der Waals surface area contributed by atoms with Gasteiger partial charge in [0.05, 0.1) is 0 Å². The minimum absolute atomic E-state index is 0.487. The number of rotatable bonds is 5. The van der Waals surface area contributed by atoms with E-state index in [0.717, 1.165) is 19.3 Å². The molecule has 0 bridgehead atoms. The van der Waals surface area contributed by atoms with Crippen molar-refractivity contribution in [2.24, 2.45) is 23.5 Å². The second-order valence-electron chi connectivity index (χ2n) is 6.10. The molecule has 1 aliphatic carbocycles. The molecule has 2 fully saturated rings. The van der Waals surface area contributed by atoms with Gasteiger partial charge in [-0.05, 0) is 43.6 Å². The predicted octanol–water partition coefficient (Wildman–Crippen LogP) is 0.928. The molecule has 0 amide bonds. The average molecular weight is 289 g/mol. The van der Waals surface area contributed by atoms with Gasteiger partial charge in [-0.2, -0.15) is 12.7 Å². The highest BCUT2D eigenvalue weighted by atomic mass is 32.2. The van der Waals surface area contributed by atoms with Crippen molar-refractivity contribution in [2.75, 3.05) is 26.2 Å². The molecule has 112 valence electrons. The summed E-state index contributed by atoms with van der Waals surface area (Å²) < 4.78 is 28.8. The Morgan fingerprint density at radius 2 is 1.89 bits per heavy atom. The Kier molecular flexibility index (Phi) is 5.22. The molecule has 0 aromatic carbocycles. The smallest absolute Gasteiger partial charge is 0.279 e. The summed E-state index contributed by atoms with van der Waals surface area (Å²) in [5.41, 5.74) is 5.63. The molecule has 2 rings (SSSR count). The van der Waals surface area contributed by atoms with E-state index in [0.29, 0.717) is 43.9 Å². The van der Waals surface area contributed by atoms with Crippen LogP contribution in [0.15, 0.2) is 0 Å². The van der Waals surface area contributed by atoms with E-state index in [1.165, 1.54) is 12.8 Å². The zero-order valence-corrected chi connectivity index (χ0v) is 12.7. The van der Waals surface area contributed by atoms with Gasteiger partial charge in [0.25, 0.3) is 10.2 Å². The zero-order chi connectivity index (χ0) is 13.9. The summed E-state index contributed by atoms with van der Waals surface area (Å²) in [6, 6.07) is 0. The van der Waals surface area contributed by atoms with Gasteiger partial charge in [-0.15, -0.1) is 0 Å². The van der Waals surface area contributed by atoms with E-state index in [2.05, 4.69) is 11.6 Å². The molecule has 1 saturated heterocycles. The minimum Gasteiger partial charge on any atom is -0.330 e. The first-order chi connectivity index (χ1) is 9.03. The van der Waals surface area contributed by atoms with Crippen LogP contribution < -0.4 is 10.5 Å². The molecule has 1 saturated carbocycles. The van der Waals surface area contributed by atoms with Crippen molar-refractivity contribution in [3.63, 3.8) is 0 Å². The highest BCUT2D eigenvalue weighted by Crippen LogP contribution is 2.30. The first-order valence-corrected chi connectivity index (χ1v) is 8.91. The zero-order valence-electron chi connectivity index (χ0n) is 11.8. The minimum atomic E-state index is -3.28. The molecular formula is C13H27N3O2S. The summed E-state index contributed by atoms with van der Waals surface area (Å²) in [7, 11) is -3.28. The number of nitrogens with two attached hydrogens (primary N) is 1. The normalized spacial score (nSPS) is 30.8. The number of hydrogen-bond donors (Lipinski definition) is 2. The van der Waals surface area contributed by atoms with E-state index in [-0.39, 0.29) is 0 Å². The second kappa shape index (κ2) is 6.52. The third-order valence-electron chi connectivity index (χ3n) is 4.81. The van der Waals surface area contributed by atoms with Crippen LogP contribution in [-0.4, -0.2) is 38.9 Å². The summed E-state index contributed by atoms with van der Waals surface area (Å²) in [6.45, 7) is 4.70. The van der Waals surface area contributed by atoms with Gasteiger partial charge in [0.15, 0.2) is 0 Å². The maximum Gasteiger partial charge on any atom is 0.279 e. The average Bonchev–Trinajstić information content (AvgIpc) is 2.82. The van der Waals surface area contributed by atoms with Gasteiger partial charge in [-0.25, -0.2) is 4.72 Å². The van der Waals surface area contributed by atoms with Gasteiger partial charge in [0.2, 0.25) is 0 Å². The Hall–Kier alpha value is -0.170. The van der Waals surface area contributed by atoms with Crippen LogP contribution in [0.5, 0.6) is 0 Å². The van der Waals surface area contributed by atoms with E-state index in [1.54, 1.807) is 4.31 Å². The molecule has 0 aromatic rings. The standard InChI is InChI=1S/C13H27N3O2S/c1-11-3-2-4-13(11)10-15-19(17,18)16-7-5-12(9-14)6-8-16/h11-13,15H,2-10,14H2,1H3. The van der Waals surface area contributed by atoms with Crippen LogP contribution in [0.1, 0.15) is 39.0 Å². The van der Waals surface area contributed by atoms with Gasteiger partial charge in [-0.3, -0.25) is 0 Å². The van der Waals surface area contributed by atoms with Crippen LogP contribution in [0.3, 0.4) is 0 Å². The van der Waals surface area contributed by atoms with Crippen molar-refractivity contribution in [1.82, 2.24) is 9.03 Å². The van der Waals surface area contributed by atoms with E-state index in [9.17, 15) is 8.42 Å². The van der Waals surface area contributed by atoms with Crippen LogP contribution in [-0.2, 0) is 10.2 Å². The molecule has 2 aliphatic rings. The highest BCUT2D eigenvalue weighted by molar-refractivity contribution is 7.87. The summed E-state index contributed by atoms with van der Waals surface area (Å²) in [5.74, 6) is 1.64. The van der Waals surface area contributed by atoms with Crippen molar-refractivity contribution in [3.8, 4) is 0 Å². The highest BCUT2D eigenvalue weighted by Gasteiger charge is 2.29. The first kappa shape index (κ1) is 15.2. The Morgan fingerprint density at radius 1 is 1.21 bits per heavy atom. The number of nitrogens with zero attached hydrogens (tertiary/aromatic N) is 1. The van der Waals surface area contributed by atoms with Crippen LogP contribution in [0.2, 0.25) is 0 Å². The Balaban J connectivity index is 1.81. The third-order valence-corrected chi connectivity index (χ3v) is 6.39. The van der Waals surface area contributed by atoms with E-state index >= 15 is 0 Å². The van der Waals surface area contributed by atoms with E-state index in [1.807, 2.05) is 0 Å². The molecule has 2 unspecified atom stereocenters. The van der Waals surface area contributed by atoms with Crippen molar-refractivity contribution >= 4 is 10.2 Å². The predicted molar refractivity (Wildman–Crippen MR) is 76.8 cm³/mol. The summed E-state index contributed by atoms with van der Waals surface area (Å²) in [5, 5.41) is 0. The van der Waals surface area contributed by atoms with E-state index in [4.69, 9.17) is 5.73 Å². The Bertz CT molecular complexity index is 377. The van der Waals surface area contributed by atoms with Crippen molar-refractivity contribution in [2.45, 2.75) is 39.0 Å². The monoisotopic (exact) mass is 289 g/mol. The van der Waals surface area contributed by atoms with Crippen molar-refractivity contribution < 1.29 is 8.42 Å². The van der Waals surface area contributed by atoms with Crippen molar-refractivity contribution in [1.29, 1.82) is 0 Å². The lowest BCUT2D eigenvalue weighted by Crippen LogP contribution is -2.47. The Morgan fingerprint density at radius 3 is 2.42 bits per heavy atom. The number of hydrogen-bond acceptors (Lipinski definition) is 3. The second-order valence-corrected chi connectivity index (χ2v) is 7.86. The molecule has 1 heterocycles. The molecule has 1 aliphatic heterocycles. The van der Waals surface area contributed by atoms with E-state index < -0.39 is 10.2 Å². The SMILES string of the molecule is CC1CCCC1CNS(=O)(=O)N1CCC(CN)CC1. The van der Waals surface area contributed by atoms with Crippen molar-refractivity contribution in [3.05, 3.63) is 0 Å². The quantitative estimate of drug-likeness (QED) is 0.790. The fourth-order valence-electron chi connectivity index (χ4n) is 3.21. The van der Waals surface area contributed by atoms with Gasteiger partial charge in [-0.1, -0.05) is 19.8 Å². The maximum absolute atomic E-state index is 12.2. The molecule has 0 aromatic heterocycles. The molecule has 0 spiro atoms. The third kappa shape index (κ3) is 3.90. The molecule has 3 N–H and O–H groups in total. The summed E-state index contributed by atoms with van der Waals surface area (Å²) in [6.07, 6.45) is 5.39. The first-order valence-electron chi connectivity index (χ1n) is 7.47. The molecular weight excluding hydrogens is 262 g/mol. The van der Waals surface area contributed by atoms with Crippen LogP contribution in [0.25, 0.3) is 0 Å². The fraction of sp³-hybridized carbons (Fsp3) is 1.00. The number of nitrogens with one attached hydrogen (secondary N) is 1. The van der Waals surface area contributed by atoms with Gasteiger partial charge in [0, 0.05) is 19.6 Å². The molecule has 5 nitrogen and oxygen atoms in total. The van der Waals surface area contributed by atoms with Crippen LogP contribution in [0.4, 0.5) is 0 Å². The van der Waals surface area contributed by atoms with Crippen LogP contribution >= 0.6 is 0 Å². The number of piperidine rings is 1. The maximum atomic E-state index is 12.2. The molecule has 6 heteroatoms. The lowest BCUT2D eigenvalue weighted by molar-refractivity contribution is 0.274. The lowest BCUT2D eigenvalue weighted by Gasteiger charge is -2.31. The topological polar surface area (TPSA) is 75.4 Å². The van der Waals surface area contributed by atoms with Crippen LogP contribution in [0, 0.1) is 17.8 Å². The largest absolute Gasteiger partial charge is 0.330 e. The fourth-order valence-corrected chi connectivity index (χ4v) is 4.51. The summed E-state index contributed by atoms with van der Waals surface area (Å²) >= 11 is 0. The van der Waals surface area contributed by atoms with Gasteiger partial charge in [0.1, 0.15) is 0 Å². The Labute approximate surface area is 117 Å². The molecule has 0 radical (unpaired) electrons. The molecule has 2 atom stereocenters. The lowest BCUT2D eigenvalue weighted by atomic mass is 9.99. The van der Waals surface area contributed by atoms with Gasteiger partial charge >= 0.3 is 0 Å². The molecule has 19 heavy (non-hydrogen) atoms. The van der Waals surface area contributed by atoms with Gasteiger partial charge < -0.3 is 5.73 Å².